The SMILES string of the molecule is CC(NC(=O)c1ccc2c(=O)n3c(nc2c1)CCC3)c1nc2ccccc2[nH]1. The highest BCUT2D eigenvalue weighted by Crippen LogP contribution is 2.18. The number of hydrogen-bond donors (Lipinski definition) is 2. The monoisotopic (exact) mass is 373 g/mol. The Balaban J connectivity index is 1.43. The van der Waals surface area contributed by atoms with E-state index in [4.69, 9.17) is 0 Å². The highest BCUT2D eigenvalue weighted by molar-refractivity contribution is 5.97. The van der Waals surface area contributed by atoms with Crippen LogP contribution in [0.5, 0.6) is 0 Å². The van der Waals surface area contributed by atoms with Crippen molar-refractivity contribution in [2.24, 2.45) is 0 Å². The second-order valence-electron chi connectivity index (χ2n) is 7.15. The number of carbonyl (C=O) groups is 1. The fourth-order valence-corrected chi connectivity index (χ4v) is 3.75. The fraction of sp³-hybridized carbons (Fsp3) is 0.238. The number of carbonyl (C=O) groups excluding carboxylic acids is 1. The summed E-state index contributed by atoms with van der Waals surface area (Å²) in [5.41, 5.74) is 2.82. The van der Waals surface area contributed by atoms with Gasteiger partial charge >= 0.3 is 0 Å². The van der Waals surface area contributed by atoms with Gasteiger partial charge in [0.25, 0.3) is 11.5 Å². The van der Waals surface area contributed by atoms with Crippen molar-refractivity contribution >= 4 is 27.8 Å². The molecule has 1 aliphatic rings. The first-order valence-electron chi connectivity index (χ1n) is 9.39. The van der Waals surface area contributed by atoms with Crippen molar-refractivity contribution in [2.75, 3.05) is 0 Å². The van der Waals surface area contributed by atoms with Gasteiger partial charge in [-0.2, -0.15) is 0 Å². The number of nitrogens with zero attached hydrogens (tertiary/aromatic N) is 3. The number of aromatic amines is 1. The van der Waals surface area contributed by atoms with Crippen LogP contribution in [-0.4, -0.2) is 25.4 Å². The molecule has 7 heteroatoms. The topological polar surface area (TPSA) is 92.7 Å². The van der Waals surface area contributed by atoms with Gasteiger partial charge in [0.1, 0.15) is 11.6 Å². The number of aryl methyl sites for hydroxylation is 1. The minimum absolute atomic E-state index is 0.0277. The van der Waals surface area contributed by atoms with Crippen LogP contribution >= 0.6 is 0 Å². The van der Waals surface area contributed by atoms with Crippen LogP contribution in [0.3, 0.4) is 0 Å². The Morgan fingerprint density at radius 2 is 2.04 bits per heavy atom. The zero-order valence-corrected chi connectivity index (χ0v) is 15.4. The van der Waals surface area contributed by atoms with Crippen LogP contribution in [0.1, 0.15) is 41.4 Å². The molecule has 0 radical (unpaired) electrons. The van der Waals surface area contributed by atoms with E-state index in [0.717, 1.165) is 29.7 Å². The normalized spacial score (nSPS) is 14.3. The number of rotatable bonds is 3. The molecule has 140 valence electrons. The molecule has 0 spiro atoms. The van der Waals surface area contributed by atoms with Gasteiger partial charge in [-0.15, -0.1) is 0 Å². The maximum atomic E-state index is 12.7. The van der Waals surface area contributed by atoms with Crippen molar-refractivity contribution in [1.82, 2.24) is 24.8 Å². The van der Waals surface area contributed by atoms with Crippen LogP contribution < -0.4 is 10.9 Å². The van der Waals surface area contributed by atoms with E-state index in [1.165, 1.54) is 0 Å². The van der Waals surface area contributed by atoms with Crippen LogP contribution in [0, 0.1) is 0 Å². The third kappa shape index (κ3) is 2.67. The van der Waals surface area contributed by atoms with E-state index in [-0.39, 0.29) is 17.5 Å². The Morgan fingerprint density at radius 1 is 1.18 bits per heavy atom. The maximum absolute atomic E-state index is 12.7. The van der Waals surface area contributed by atoms with Crippen molar-refractivity contribution < 1.29 is 4.79 Å². The fourth-order valence-electron chi connectivity index (χ4n) is 3.75. The molecule has 0 bridgehead atoms. The second-order valence-corrected chi connectivity index (χ2v) is 7.15. The summed E-state index contributed by atoms with van der Waals surface area (Å²) in [5.74, 6) is 1.27. The number of benzene rings is 2. The molecule has 28 heavy (non-hydrogen) atoms. The van der Waals surface area contributed by atoms with Gasteiger partial charge in [0.15, 0.2) is 0 Å². The largest absolute Gasteiger partial charge is 0.342 e. The summed E-state index contributed by atoms with van der Waals surface area (Å²) in [6, 6.07) is 12.5. The predicted octanol–water partition coefficient (Wildman–Crippen LogP) is 2.71. The van der Waals surface area contributed by atoms with Crippen molar-refractivity contribution in [1.29, 1.82) is 0 Å². The molecule has 0 saturated carbocycles. The van der Waals surface area contributed by atoms with Crippen LogP contribution in [0.25, 0.3) is 21.9 Å². The first-order valence-corrected chi connectivity index (χ1v) is 9.39. The van der Waals surface area contributed by atoms with Gasteiger partial charge in [-0.1, -0.05) is 12.1 Å². The standard InChI is InChI=1S/C21H19N5O2/c1-12(19-24-15-5-2-3-6-16(15)25-19)22-20(27)13-8-9-14-17(11-13)23-18-7-4-10-26(18)21(14)28/h2-3,5-6,8-9,11-12H,4,7,10H2,1H3,(H,22,27)(H,24,25). The minimum atomic E-state index is -0.283. The average molecular weight is 373 g/mol. The highest BCUT2D eigenvalue weighted by Gasteiger charge is 2.18. The van der Waals surface area contributed by atoms with Gasteiger partial charge in [0.05, 0.1) is 28.0 Å². The number of para-hydroxylation sites is 2. The molecule has 0 fully saturated rings. The molecule has 4 aromatic rings. The van der Waals surface area contributed by atoms with E-state index in [0.29, 0.717) is 28.8 Å². The van der Waals surface area contributed by atoms with E-state index < -0.39 is 0 Å². The van der Waals surface area contributed by atoms with E-state index in [1.807, 2.05) is 31.2 Å². The molecule has 1 unspecified atom stereocenters. The summed E-state index contributed by atoms with van der Waals surface area (Å²) in [7, 11) is 0. The Labute approximate surface area is 160 Å². The van der Waals surface area contributed by atoms with E-state index in [1.54, 1.807) is 22.8 Å². The first kappa shape index (κ1) is 16.7. The van der Waals surface area contributed by atoms with Crippen LogP contribution in [0.15, 0.2) is 47.3 Å². The molecule has 3 heterocycles. The number of fused-ring (bicyclic) bond motifs is 3. The molecule has 1 atom stereocenters. The molecule has 5 rings (SSSR count). The lowest BCUT2D eigenvalue weighted by Gasteiger charge is -2.12. The summed E-state index contributed by atoms with van der Waals surface area (Å²) in [5, 5.41) is 3.51. The van der Waals surface area contributed by atoms with Crippen LogP contribution in [0.2, 0.25) is 0 Å². The Bertz CT molecular complexity index is 1250. The minimum Gasteiger partial charge on any atom is -0.342 e. The van der Waals surface area contributed by atoms with Gasteiger partial charge < -0.3 is 10.3 Å². The Morgan fingerprint density at radius 3 is 2.89 bits per heavy atom. The van der Waals surface area contributed by atoms with Crippen molar-refractivity contribution in [3.8, 4) is 0 Å². The zero-order valence-electron chi connectivity index (χ0n) is 15.4. The molecule has 1 aliphatic heterocycles. The summed E-state index contributed by atoms with van der Waals surface area (Å²) in [4.78, 5) is 37.7. The van der Waals surface area contributed by atoms with E-state index in [2.05, 4.69) is 20.3 Å². The average Bonchev–Trinajstić information content (AvgIpc) is 3.34. The zero-order chi connectivity index (χ0) is 19.3. The smallest absolute Gasteiger partial charge is 0.261 e. The Hall–Kier alpha value is -3.48. The summed E-state index contributed by atoms with van der Waals surface area (Å²) in [6.45, 7) is 2.60. The van der Waals surface area contributed by atoms with Crippen LogP contribution in [-0.2, 0) is 13.0 Å². The lowest BCUT2D eigenvalue weighted by Crippen LogP contribution is -2.27. The van der Waals surface area contributed by atoms with Crippen molar-refractivity contribution in [2.45, 2.75) is 32.4 Å². The molecular formula is C21H19N5O2. The van der Waals surface area contributed by atoms with Gasteiger partial charge in [0.2, 0.25) is 0 Å². The van der Waals surface area contributed by atoms with E-state index in [9.17, 15) is 9.59 Å². The van der Waals surface area contributed by atoms with Crippen molar-refractivity contribution in [3.05, 3.63) is 70.0 Å². The number of imidazole rings is 1. The summed E-state index contributed by atoms with van der Waals surface area (Å²) >= 11 is 0. The van der Waals surface area contributed by atoms with Crippen molar-refractivity contribution in [3.63, 3.8) is 0 Å². The van der Waals surface area contributed by atoms with Crippen LogP contribution in [0.4, 0.5) is 0 Å². The third-order valence-electron chi connectivity index (χ3n) is 5.24. The number of H-pyrrole nitrogens is 1. The summed E-state index contributed by atoms with van der Waals surface area (Å²) < 4.78 is 1.73. The molecular weight excluding hydrogens is 354 g/mol. The number of nitrogens with one attached hydrogen (secondary N) is 2. The maximum Gasteiger partial charge on any atom is 0.261 e. The molecule has 0 aliphatic carbocycles. The quantitative estimate of drug-likeness (QED) is 0.577. The summed E-state index contributed by atoms with van der Waals surface area (Å²) in [6.07, 6.45) is 1.73. The molecule has 7 nitrogen and oxygen atoms in total. The number of aromatic nitrogens is 4. The lowest BCUT2D eigenvalue weighted by atomic mass is 10.1. The molecule has 2 aromatic carbocycles. The Kier molecular flexibility index (Phi) is 3.75. The number of amides is 1. The van der Waals surface area contributed by atoms with Gasteiger partial charge in [0, 0.05) is 18.5 Å². The second kappa shape index (κ2) is 6.30. The first-order chi connectivity index (χ1) is 13.6. The third-order valence-corrected chi connectivity index (χ3v) is 5.24. The van der Waals surface area contributed by atoms with Gasteiger partial charge in [-0.05, 0) is 43.7 Å². The van der Waals surface area contributed by atoms with Gasteiger partial charge in [-0.3, -0.25) is 14.2 Å². The molecule has 2 N–H and O–H groups in total. The highest BCUT2D eigenvalue weighted by atomic mass is 16.1. The van der Waals surface area contributed by atoms with E-state index >= 15 is 0 Å². The molecule has 1 amide bonds. The predicted molar refractivity (Wildman–Crippen MR) is 106 cm³/mol. The van der Waals surface area contributed by atoms with Gasteiger partial charge in [-0.25, -0.2) is 9.97 Å². The molecule has 2 aromatic heterocycles. The number of hydrogen-bond acceptors (Lipinski definition) is 4. The lowest BCUT2D eigenvalue weighted by molar-refractivity contribution is 0.0938. The molecule has 0 saturated heterocycles.